The summed E-state index contributed by atoms with van der Waals surface area (Å²) in [4.78, 5) is 29.0. The lowest BCUT2D eigenvalue weighted by atomic mass is 9.81. The van der Waals surface area contributed by atoms with Crippen LogP contribution in [0.4, 0.5) is 4.79 Å². The molecule has 1 saturated heterocycles. The summed E-state index contributed by atoms with van der Waals surface area (Å²) in [5, 5.41) is 11.1. The highest BCUT2D eigenvalue weighted by molar-refractivity contribution is 5.98. The zero-order valence-corrected chi connectivity index (χ0v) is 25.3. The number of rotatable bonds is 4. The van der Waals surface area contributed by atoms with Gasteiger partial charge in [-0.25, -0.2) is 9.59 Å². The molecule has 3 heterocycles. The van der Waals surface area contributed by atoms with Crippen LogP contribution in [0.5, 0.6) is 5.75 Å². The number of aromatic nitrogens is 1. The molecule has 0 spiro atoms. The van der Waals surface area contributed by atoms with Crippen molar-refractivity contribution in [2.24, 2.45) is 0 Å². The molecule has 1 aliphatic carbocycles. The number of aromatic carboxylic acids is 1. The van der Waals surface area contributed by atoms with Crippen LogP contribution >= 0.6 is 0 Å². The van der Waals surface area contributed by atoms with Crippen molar-refractivity contribution in [3.05, 3.63) is 53.6 Å². The summed E-state index contributed by atoms with van der Waals surface area (Å²) in [6.07, 6.45) is 6.56. The van der Waals surface area contributed by atoms with Gasteiger partial charge in [-0.1, -0.05) is 37.5 Å². The number of carbonyl (C=O) groups is 2. The largest absolute Gasteiger partial charge is 0.491 e. The van der Waals surface area contributed by atoms with Crippen molar-refractivity contribution in [1.29, 1.82) is 0 Å². The van der Waals surface area contributed by atoms with Crippen molar-refractivity contribution in [1.82, 2.24) is 14.4 Å². The standard InChI is InChI=1S/C34H43N3O5/c1-34(2,3)42-33(40)36-17-16-24(19-36)35(4)25-20-37-28-18-23(32(38)39)14-15-26(28)30(22-10-6-5-7-11-22)31(37)27-12-8-9-13-29(27)41-21-25/h8-9,12-15,18,22,24-25H,5-7,10-11,16-17,19-21H2,1-4H3,(H,38,39)/t24-,25-/m1/s1. The lowest BCUT2D eigenvalue weighted by Gasteiger charge is -2.35. The van der Waals surface area contributed by atoms with Crippen LogP contribution in [0.2, 0.25) is 0 Å². The molecule has 3 aromatic rings. The van der Waals surface area contributed by atoms with Crippen molar-refractivity contribution in [2.45, 2.75) is 89.4 Å². The fourth-order valence-electron chi connectivity index (χ4n) is 7.14. The summed E-state index contributed by atoms with van der Waals surface area (Å²) in [5.41, 5.74) is 4.32. The maximum absolute atomic E-state index is 12.8. The fraction of sp³-hybridized carbons (Fsp3) is 0.529. The van der Waals surface area contributed by atoms with Gasteiger partial charge in [0, 0.05) is 42.1 Å². The third-order valence-electron chi connectivity index (χ3n) is 9.30. The van der Waals surface area contributed by atoms with Crippen LogP contribution in [0.1, 0.15) is 81.1 Å². The summed E-state index contributed by atoms with van der Waals surface area (Å²) in [5.74, 6) is 0.370. The number of carboxylic acids is 1. The van der Waals surface area contributed by atoms with Crippen molar-refractivity contribution in [3.8, 4) is 17.0 Å². The van der Waals surface area contributed by atoms with E-state index in [4.69, 9.17) is 9.47 Å². The van der Waals surface area contributed by atoms with E-state index in [-0.39, 0.29) is 18.2 Å². The first-order valence-corrected chi connectivity index (χ1v) is 15.4. The molecule has 1 aromatic heterocycles. The summed E-state index contributed by atoms with van der Waals surface area (Å²) >= 11 is 0. The van der Waals surface area contributed by atoms with E-state index in [0.29, 0.717) is 37.7 Å². The van der Waals surface area contributed by atoms with Gasteiger partial charge >= 0.3 is 12.1 Å². The Labute approximate surface area is 248 Å². The fourth-order valence-corrected chi connectivity index (χ4v) is 7.14. The molecule has 1 saturated carbocycles. The van der Waals surface area contributed by atoms with Gasteiger partial charge in [0.15, 0.2) is 0 Å². The number of carboxylic acid groups (broad SMARTS) is 1. The van der Waals surface area contributed by atoms with Gasteiger partial charge in [-0.15, -0.1) is 0 Å². The molecule has 0 radical (unpaired) electrons. The van der Waals surface area contributed by atoms with E-state index in [2.05, 4.69) is 28.6 Å². The number of para-hydroxylation sites is 1. The number of hydrogen-bond donors (Lipinski definition) is 1. The monoisotopic (exact) mass is 573 g/mol. The summed E-state index contributed by atoms with van der Waals surface area (Å²) in [7, 11) is 2.13. The van der Waals surface area contributed by atoms with E-state index in [1.807, 2.05) is 49.9 Å². The van der Waals surface area contributed by atoms with Gasteiger partial charge < -0.3 is 24.0 Å². The zero-order chi connectivity index (χ0) is 29.6. The molecule has 2 fully saturated rings. The topological polar surface area (TPSA) is 84.2 Å². The number of likely N-dealkylation sites (N-methyl/N-ethyl adjacent to an activating group) is 1. The van der Waals surface area contributed by atoms with Crippen molar-refractivity contribution < 1.29 is 24.2 Å². The lowest BCUT2D eigenvalue weighted by Crippen LogP contribution is -2.48. The minimum atomic E-state index is -0.914. The minimum absolute atomic E-state index is 0.0176. The highest BCUT2D eigenvalue weighted by Crippen LogP contribution is 2.47. The Morgan fingerprint density at radius 3 is 2.50 bits per heavy atom. The Hall–Kier alpha value is -3.52. The Morgan fingerprint density at radius 1 is 1.00 bits per heavy atom. The molecule has 3 aliphatic rings. The number of ether oxygens (including phenoxy) is 2. The molecule has 2 aromatic carbocycles. The van der Waals surface area contributed by atoms with Crippen LogP contribution < -0.4 is 4.74 Å². The number of benzene rings is 2. The quantitative estimate of drug-likeness (QED) is 0.371. The second-order valence-corrected chi connectivity index (χ2v) is 13.2. The van der Waals surface area contributed by atoms with E-state index in [9.17, 15) is 14.7 Å². The first-order chi connectivity index (χ1) is 20.1. The molecule has 42 heavy (non-hydrogen) atoms. The molecule has 1 amide bonds. The number of hydrogen-bond acceptors (Lipinski definition) is 5. The SMILES string of the molecule is CN([C@@H]1CCN(C(=O)OC(C)(C)C)C1)[C@H]1COc2ccccc2-c2c(C3CCCCC3)c3ccc(C(=O)O)cc3n2C1. The van der Waals surface area contributed by atoms with E-state index in [1.54, 1.807) is 6.07 Å². The molecular formula is C34H43N3O5. The van der Waals surface area contributed by atoms with Crippen LogP contribution in [0, 0.1) is 0 Å². The molecule has 0 unspecified atom stereocenters. The number of amides is 1. The van der Waals surface area contributed by atoms with Gasteiger partial charge in [-0.3, -0.25) is 4.90 Å². The van der Waals surface area contributed by atoms with Gasteiger partial charge in [0.1, 0.15) is 18.0 Å². The Morgan fingerprint density at radius 2 is 1.76 bits per heavy atom. The van der Waals surface area contributed by atoms with Crippen LogP contribution in [0.25, 0.3) is 22.2 Å². The first kappa shape index (κ1) is 28.6. The molecule has 0 bridgehead atoms. The average Bonchev–Trinajstić information content (AvgIpc) is 3.57. The highest BCUT2D eigenvalue weighted by atomic mass is 16.6. The van der Waals surface area contributed by atoms with Gasteiger partial charge in [0.05, 0.1) is 17.3 Å². The molecule has 8 heteroatoms. The van der Waals surface area contributed by atoms with Crippen LogP contribution in [0.15, 0.2) is 42.5 Å². The Bertz CT molecular complexity index is 1480. The summed E-state index contributed by atoms with van der Waals surface area (Å²) in [6.45, 7) is 8.10. The Balaban J connectivity index is 1.41. The van der Waals surface area contributed by atoms with Crippen molar-refractivity contribution in [2.75, 3.05) is 26.7 Å². The minimum Gasteiger partial charge on any atom is -0.491 e. The average molecular weight is 574 g/mol. The lowest BCUT2D eigenvalue weighted by molar-refractivity contribution is 0.0271. The first-order valence-electron chi connectivity index (χ1n) is 15.4. The zero-order valence-electron chi connectivity index (χ0n) is 25.3. The van der Waals surface area contributed by atoms with E-state index < -0.39 is 11.6 Å². The van der Waals surface area contributed by atoms with E-state index >= 15 is 0 Å². The molecular weight excluding hydrogens is 530 g/mol. The van der Waals surface area contributed by atoms with Gasteiger partial charge in [-0.2, -0.15) is 0 Å². The molecule has 1 N–H and O–H groups in total. The predicted molar refractivity (Wildman–Crippen MR) is 163 cm³/mol. The van der Waals surface area contributed by atoms with Crippen LogP contribution in [0.3, 0.4) is 0 Å². The third-order valence-corrected chi connectivity index (χ3v) is 9.30. The molecule has 224 valence electrons. The van der Waals surface area contributed by atoms with Crippen molar-refractivity contribution >= 4 is 23.0 Å². The maximum atomic E-state index is 12.8. The molecule has 8 nitrogen and oxygen atoms in total. The number of carbonyl (C=O) groups excluding carboxylic acids is 1. The summed E-state index contributed by atoms with van der Waals surface area (Å²) < 4.78 is 14.6. The van der Waals surface area contributed by atoms with Crippen LogP contribution in [-0.4, -0.2) is 76.0 Å². The van der Waals surface area contributed by atoms with E-state index in [1.165, 1.54) is 24.8 Å². The molecule has 2 aliphatic heterocycles. The van der Waals surface area contributed by atoms with E-state index in [0.717, 1.165) is 47.2 Å². The summed E-state index contributed by atoms with van der Waals surface area (Å²) in [6, 6.07) is 14.1. The van der Waals surface area contributed by atoms with Crippen LogP contribution in [-0.2, 0) is 11.3 Å². The normalized spacial score (nSPS) is 21.4. The van der Waals surface area contributed by atoms with Gasteiger partial charge in [0.2, 0.25) is 0 Å². The maximum Gasteiger partial charge on any atom is 0.410 e. The second-order valence-electron chi connectivity index (χ2n) is 13.2. The third kappa shape index (κ3) is 5.49. The second kappa shape index (κ2) is 11.3. The number of fused-ring (bicyclic) bond motifs is 5. The Kier molecular flexibility index (Phi) is 7.68. The van der Waals surface area contributed by atoms with Gasteiger partial charge in [-0.05, 0) is 82.8 Å². The molecule has 6 rings (SSSR count). The smallest absolute Gasteiger partial charge is 0.410 e. The highest BCUT2D eigenvalue weighted by Gasteiger charge is 2.37. The van der Waals surface area contributed by atoms with Crippen molar-refractivity contribution in [3.63, 3.8) is 0 Å². The van der Waals surface area contributed by atoms with Gasteiger partial charge in [0.25, 0.3) is 0 Å². The predicted octanol–water partition coefficient (Wildman–Crippen LogP) is 6.76. The number of nitrogens with zero attached hydrogens (tertiary/aromatic N) is 3. The number of likely N-dealkylation sites (tertiary alicyclic amines) is 1. The molecule has 2 atom stereocenters.